The van der Waals surface area contributed by atoms with E-state index in [2.05, 4.69) is 30.8 Å². The molecular formula is C13H22N2. The van der Waals surface area contributed by atoms with Crippen molar-refractivity contribution in [2.75, 3.05) is 7.05 Å². The number of hydrogen-bond donors (Lipinski definition) is 0. The van der Waals surface area contributed by atoms with Crippen molar-refractivity contribution in [1.29, 1.82) is 0 Å². The van der Waals surface area contributed by atoms with Gasteiger partial charge >= 0.3 is 0 Å². The molecule has 0 spiro atoms. The largest absolute Gasteiger partial charge is 0.297 e. The molecule has 0 saturated carbocycles. The Labute approximate surface area is 93.5 Å². The summed E-state index contributed by atoms with van der Waals surface area (Å²) in [5, 5.41) is 0. The molecule has 1 aliphatic rings. The van der Waals surface area contributed by atoms with Crippen LogP contribution in [0.25, 0.3) is 0 Å². The molecule has 0 aliphatic carbocycles. The Balaban J connectivity index is 0.000000262. The molecule has 0 N–H and O–H groups in total. The molecule has 0 atom stereocenters. The van der Waals surface area contributed by atoms with E-state index in [0.717, 1.165) is 12.8 Å². The molecule has 1 rings (SSSR count). The summed E-state index contributed by atoms with van der Waals surface area (Å²) in [5.74, 6) is 0. The van der Waals surface area contributed by atoms with Crippen LogP contribution in [0, 0.1) is 0 Å². The zero-order valence-electron chi connectivity index (χ0n) is 10.3. The molecule has 1 aliphatic heterocycles. The van der Waals surface area contributed by atoms with E-state index in [4.69, 9.17) is 0 Å². The molecule has 0 aromatic rings. The van der Waals surface area contributed by atoms with E-state index < -0.39 is 0 Å². The quantitative estimate of drug-likeness (QED) is 0.614. The van der Waals surface area contributed by atoms with E-state index in [1.54, 1.807) is 7.05 Å². The van der Waals surface area contributed by atoms with Crippen LogP contribution in [-0.4, -0.2) is 19.5 Å². The highest BCUT2D eigenvalue weighted by Crippen LogP contribution is 2.05. The summed E-state index contributed by atoms with van der Waals surface area (Å²) in [5.41, 5.74) is 2.76. The minimum Gasteiger partial charge on any atom is -0.297 e. The van der Waals surface area contributed by atoms with Crippen LogP contribution in [0.1, 0.15) is 40.0 Å². The molecular weight excluding hydrogens is 184 g/mol. The highest BCUT2D eigenvalue weighted by molar-refractivity contribution is 5.71. The van der Waals surface area contributed by atoms with Gasteiger partial charge in [0.1, 0.15) is 0 Å². The molecule has 2 nitrogen and oxygen atoms in total. The van der Waals surface area contributed by atoms with E-state index in [0.29, 0.717) is 0 Å². The van der Waals surface area contributed by atoms with Crippen molar-refractivity contribution in [2.24, 2.45) is 9.98 Å². The van der Waals surface area contributed by atoms with Gasteiger partial charge in [0.15, 0.2) is 0 Å². The molecule has 0 saturated heterocycles. The van der Waals surface area contributed by atoms with Gasteiger partial charge in [-0.15, -0.1) is 0 Å². The van der Waals surface area contributed by atoms with Crippen LogP contribution < -0.4 is 0 Å². The van der Waals surface area contributed by atoms with Crippen molar-refractivity contribution in [3.8, 4) is 0 Å². The zero-order chi connectivity index (χ0) is 11.5. The summed E-state index contributed by atoms with van der Waals surface area (Å²) >= 11 is 0. The maximum Gasteiger partial charge on any atom is 0.0277 e. The molecule has 0 unspecified atom stereocenters. The summed E-state index contributed by atoms with van der Waals surface area (Å²) < 4.78 is 0. The van der Waals surface area contributed by atoms with Gasteiger partial charge in [0.05, 0.1) is 0 Å². The summed E-state index contributed by atoms with van der Waals surface area (Å²) in [6.07, 6.45) is 11.2. The minimum atomic E-state index is 1.12. The first-order chi connectivity index (χ1) is 7.20. The normalized spacial score (nSPS) is 16.0. The van der Waals surface area contributed by atoms with Crippen LogP contribution >= 0.6 is 0 Å². The fraction of sp³-hybridized carbons (Fsp3) is 0.538. The second-order valence-corrected chi connectivity index (χ2v) is 3.62. The van der Waals surface area contributed by atoms with Gasteiger partial charge in [0.25, 0.3) is 0 Å². The molecule has 0 aromatic carbocycles. The third-order valence-electron chi connectivity index (χ3n) is 2.13. The first kappa shape index (κ1) is 13.8. The van der Waals surface area contributed by atoms with Gasteiger partial charge in [-0.2, -0.15) is 0 Å². The summed E-state index contributed by atoms with van der Waals surface area (Å²) in [6.45, 7) is 6.34. The standard InChI is InChI=1S/C7H13N.C6H9N/c1-4-7(2)5-6-8-3;1-6-3-2-4-7-5-6/h5-6H,4H2,1-3H3;4-5H,2-3H2,1H3/b7-5-,8-6?;. The lowest BCUT2D eigenvalue weighted by Crippen LogP contribution is -1.83. The Morgan fingerprint density at radius 3 is 2.67 bits per heavy atom. The second-order valence-electron chi connectivity index (χ2n) is 3.62. The van der Waals surface area contributed by atoms with Crippen LogP contribution in [0.15, 0.2) is 33.4 Å². The Kier molecular flexibility index (Phi) is 8.64. The first-order valence-electron chi connectivity index (χ1n) is 5.45. The predicted octanol–water partition coefficient (Wildman–Crippen LogP) is 3.80. The lowest BCUT2D eigenvalue weighted by molar-refractivity contribution is 0.994. The van der Waals surface area contributed by atoms with Gasteiger partial charge in [0.2, 0.25) is 0 Å². The van der Waals surface area contributed by atoms with E-state index in [1.807, 2.05) is 24.7 Å². The van der Waals surface area contributed by atoms with Gasteiger partial charge in [-0.25, -0.2) is 0 Å². The third-order valence-corrected chi connectivity index (χ3v) is 2.13. The molecule has 0 fully saturated rings. The van der Waals surface area contributed by atoms with Gasteiger partial charge in [-0.3, -0.25) is 9.98 Å². The average molecular weight is 206 g/mol. The monoisotopic (exact) mass is 206 g/mol. The summed E-state index contributed by atoms with van der Waals surface area (Å²) in [7, 11) is 1.78. The van der Waals surface area contributed by atoms with Crippen molar-refractivity contribution < 1.29 is 0 Å². The van der Waals surface area contributed by atoms with Crippen LogP contribution in [0.4, 0.5) is 0 Å². The van der Waals surface area contributed by atoms with Crippen LogP contribution in [0.3, 0.4) is 0 Å². The van der Waals surface area contributed by atoms with E-state index >= 15 is 0 Å². The highest BCUT2D eigenvalue weighted by atomic mass is 14.7. The van der Waals surface area contributed by atoms with Gasteiger partial charge in [-0.1, -0.05) is 18.1 Å². The smallest absolute Gasteiger partial charge is 0.0277 e. The summed E-state index contributed by atoms with van der Waals surface area (Å²) in [4.78, 5) is 7.79. The number of aliphatic imine (C=N–C) groups is 2. The summed E-state index contributed by atoms with van der Waals surface area (Å²) in [6, 6.07) is 0. The molecule has 0 bridgehead atoms. The Hall–Kier alpha value is -1.18. The molecule has 15 heavy (non-hydrogen) atoms. The first-order valence-corrected chi connectivity index (χ1v) is 5.45. The number of hydrogen-bond acceptors (Lipinski definition) is 2. The average Bonchev–Trinajstić information content (AvgIpc) is 2.28. The maximum absolute atomic E-state index is 3.97. The lowest BCUT2D eigenvalue weighted by atomic mass is 10.2. The van der Waals surface area contributed by atoms with Crippen LogP contribution in [-0.2, 0) is 0 Å². The highest BCUT2D eigenvalue weighted by Gasteiger charge is 1.89. The molecule has 2 heteroatoms. The molecule has 0 radical (unpaired) electrons. The number of rotatable bonds is 2. The fourth-order valence-electron chi connectivity index (χ4n) is 0.931. The van der Waals surface area contributed by atoms with Crippen molar-refractivity contribution >= 4 is 12.4 Å². The van der Waals surface area contributed by atoms with Crippen molar-refractivity contribution in [1.82, 2.24) is 0 Å². The zero-order valence-corrected chi connectivity index (χ0v) is 10.3. The second kappa shape index (κ2) is 9.38. The fourth-order valence-corrected chi connectivity index (χ4v) is 0.931. The van der Waals surface area contributed by atoms with E-state index in [-0.39, 0.29) is 0 Å². The van der Waals surface area contributed by atoms with Crippen molar-refractivity contribution in [3.05, 3.63) is 23.4 Å². The lowest BCUT2D eigenvalue weighted by Gasteiger charge is -1.98. The Bertz CT molecular complexity index is 270. The van der Waals surface area contributed by atoms with Gasteiger partial charge in [-0.05, 0) is 39.2 Å². The molecule has 84 valence electrons. The maximum atomic E-state index is 3.97. The minimum absolute atomic E-state index is 1.12. The molecule has 0 amide bonds. The van der Waals surface area contributed by atoms with Crippen LogP contribution in [0.2, 0.25) is 0 Å². The van der Waals surface area contributed by atoms with Gasteiger partial charge in [0, 0.05) is 25.7 Å². The van der Waals surface area contributed by atoms with Gasteiger partial charge < -0.3 is 0 Å². The number of allylic oxidation sites excluding steroid dienone is 3. The van der Waals surface area contributed by atoms with Crippen molar-refractivity contribution in [2.45, 2.75) is 40.0 Å². The predicted molar refractivity (Wildman–Crippen MR) is 69.9 cm³/mol. The van der Waals surface area contributed by atoms with Crippen molar-refractivity contribution in [3.63, 3.8) is 0 Å². The Morgan fingerprint density at radius 2 is 2.33 bits per heavy atom. The van der Waals surface area contributed by atoms with E-state index in [9.17, 15) is 0 Å². The van der Waals surface area contributed by atoms with E-state index in [1.165, 1.54) is 17.6 Å². The third kappa shape index (κ3) is 9.13. The Morgan fingerprint density at radius 1 is 1.60 bits per heavy atom. The topological polar surface area (TPSA) is 24.7 Å². The molecule has 0 aromatic heterocycles. The SMILES string of the molecule is CC/C(C)=C\C=NC.CC1=CN=CCC1. The number of nitrogens with zero attached hydrogens (tertiary/aromatic N) is 2. The molecule has 1 heterocycles. The van der Waals surface area contributed by atoms with Crippen LogP contribution in [0.5, 0.6) is 0 Å².